The van der Waals surface area contributed by atoms with Crippen molar-refractivity contribution in [2.24, 2.45) is 0 Å². The second kappa shape index (κ2) is 18.5. The Labute approximate surface area is 401 Å². The van der Waals surface area contributed by atoms with Gasteiger partial charge in [0.25, 0.3) is 0 Å². The number of rotatable bonds is 11. The summed E-state index contributed by atoms with van der Waals surface area (Å²) in [7, 11) is -4.02. The summed E-state index contributed by atoms with van der Waals surface area (Å²) in [6.45, 7) is 7.34. The van der Waals surface area contributed by atoms with E-state index in [-0.39, 0.29) is 0 Å². The van der Waals surface area contributed by atoms with Gasteiger partial charge in [0.2, 0.25) is 0 Å². The number of allylic oxidation sites excluding steroid dienone is 2. The van der Waals surface area contributed by atoms with E-state index in [1.807, 2.05) is 0 Å². The zero-order valence-corrected chi connectivity index (χ0v) is 42.2. The summed E-state index contributed by atoms with van der Waals surface area (Å²) in [6.07, 6.45) is 9.45. The highest BCUT2D eigenvalue weighted by Gasteiger charge is 2.28. The van der Waals surface area contributed by atoms with Crippen molar-refractivity contribution in [3.63, 3.8) is 0 Å². The number of benzene rings is 9. The van der Waals surface area contributed by atoms with Gasteiger partial charge < -0.3 is 4.90 Å². The first-order valence-corrected chi connectivity index (χ1v) is 32.1. The van der Waals surface area contributed by atoms with Gasteiger partial charge in [-0.05, 0) is 127 Å². The molecule has 0 fully saturated rings. The molecule has 0 bridgehead atoms. The van der Waals surface area contributed by atoms with Gasteiger partial charge in [-0.3, -0.25) is 0 Å². The van der Waals surface area contributed by atoms with Gasteiger partial charge in [0, 0.05) is 17.1 Å². The zero-order chi connectivity index (χ0) is 45.3. The summed E-state index contributed by atoms with van der Waals surface area (Å²) in [5, 5.41) is 7.43. The molecule has 0 aromatic heterocycles. The Hall–Kier alpha value is -6.83. The van der Waals surface area contributed by atoms with Gasteiger partial charge in [-0.25, -0.2) is 0 Å². The number of nitrogens with zero attached hydrogens (tertiary/aromatic N) is 1. The van der Waals surface area contributed by atoms with E-state index >= 15 is 0 Å². The third-order valence-corrected chi connectivity index (χ3v) is 22.6. The van der Waals surface area contributed by atoms with Crippen LogP contribution < -0.4 is 20.5 Å². The molecule has 0 radical (unpaired) electrons. The largest absolute Gasteiger partial charge is 0.311 e. The van der Waals surface area contributed by atoms with Crippen molar-refractivity contribution in [2.45, 2.75) is 43.8 Å². The van der Waals surface area contributed by atoms with Crippen LogP contribution in [0.1, 0.15) is 22.3 Å². The van der Waals surface area contributed by atoms with Crippen molar-refractivity contribution in [3.8, 4) is 33.4 Å². The highest BCUT2D eigenvalue weighted by atomic mass is 28.3. The lowest BCUT2D eigenvalue weighted by molar-refractivity contribution is 1.28. The number of anilines is 3. The van der Waals surface area contributed by atoms with Gasteiger partial charge in [0.05, 0.1) is 25.7 Å². The van der Waals surface area contributed by atoms with Crippen LogP contribution in [0.25, 0.3) is 56.3 Å². The maximum absolute atomic E-state index is 2.53. The van der Waals surface area contributed by atoms with Gasteiger partial charge in [-0.1, -0.05) is 229 Å². The summed E-state index contributed by atoms with van der Waals surface area (Å²) < 4.78 is 0. The van der Waals surface area contributed by atoms with Crippen molar-refractivity contribution in [3.05, 3.63) is 241 Å². The molecule has 0 spiro atoms. The molecule has 326 valence electrons. The minimum atomic E-state index is -1.48. The predicted octanol–water partition coefficient (Wildman–Crippen LogP) is 14.3. The number of hydrogen-bond donors (Lipinski definition) is 0. The standard InChI is InChI=1S/C63H57NSi3/c1-67(2,3)63-39-38-56(59-22-12-13-23-60(59)63)48-31-33-50(34-32-48)57-36-28-47(42-61(57)65-40-14-15-41-65)25-24-46-26-29-49(30-27-46)58-37-35-55(43-62(58)66-44-51-16-10-11-17-52(51)45-66)64(53-18-6-4-7-19-53)54-20-8-5-9-21-54/h4-39,42-43,65-66H,40-41,44-45H2,1-3H3/b25-24+. The number of para-hydroxylation sites is 2. The fourth-order valence-electron chi connectivity index (χ4n) is 10.8. The molecule has 2 aliphatic heterocycles. The Balaban J connectivity index is 0.882. The van der Waals surface area contributed by atoms with Crippen LogP contribution in [0, 0.1) is 0 Å². The van der Waals surface area contributed by atoms with E-state index in [0.29, 0.717) is 0 Å². The number of hydrogen-bond acceptors (Lipinski definition) is 1. The smallest absolute Gasteiger partial charge is 0.0803 e. The minimum Gasteiger partial charge on any atom is -0.311 e. The summed E-state index contributed by atoms with van der Waals surface area (Å²) in [4.78, 5) is 2.41. The molecule has 4 heteroatoms. The Morgan fingerprint density at radius 3 is 1.49 bits per heavy atom. The molecule has 0 saturated heterocycles. The van der Waals surface area contributed by atoms with Crippen molar-refractivity contribution < 1.29 is 0 Å². The molecular formula is C63H57NSi3. The fourth-order valence-corrected chi connectivity index (χ4v) is 18.9. The lowest BCUT2D eigenvalue weighted by Crippen LogP contribution is -2.38. The van der Waals surface area contributed by atoms with Crippen LogP contribution in [-0.2, 0) is 12.1 Å². The molecule has 2 heterocycles. The van der Waals surface area contributed by atoms with Crippen LogP contribution in [0.5, 0.6) is 0 Å². The summed E-state index contributed by atoms with van der Waals surface area (Å²) in [5.74, 6) is 0. The first-order chi connectivity index (χ1) is 32.8. The van der Waals surface area contributed by atoms with Crippen LogP contribution >= 0.6 is 0 Å². The summed E-state index contributed by atoms with van der Waals surface area (Å²) in [6, 6.07) is 82.5. The normalized spacial score (nSPS) is 14.0. The maximum Gasteiger partial charge on any atom is 0.0803 e. The first kappa shape index (κ1) is 42.8. The van der Waals surface area contributed by atoms with Crippen molar-refractivity contribution in [1.29, 1.82) is 0 Å². The zero-order valence-electron chi connectivity index (χ0n) is 38.9. The molecule has 0 saturated carbocycles. The summed E-state index contributed by atoms with van der Waals surface area (Å²) in [5.41, 5.74) is 17.1. The molecule has 0 aliphatic carbocycles. The van der Waals surface area contributed by atoms with Gasteiger partial charge in [-0.15, -0.1) is 0 Å². The highest BCUT2D eigenvalue weighted by molar-refractivity contribution is 6.90. The average Bonchev–Trinajstić information content (AvgIpc) is 4.08. The lowest BCUT2D eigenvalue weighted by atomic mass is 9.96. The second-order valence-electron chi connectivity index (χ2n) is 19.6. The topological polar surface area (TPSA) is 3.24 Å². The molecular weight excluding hydrogens is 855 g/mol. The fraction of sp³-hybridized carbons (Fsp3) is 0.111. The van der Waals surface area contributed by atoms with Crippen LogP contribution in [0.4, 0.5) is 17.1 Å². The van der Waals surface area contributed by atoms with Crippen LogP contribution in [0.15, 0.2) is 218 Å². The van der Waals surface area contributed by atoms with Crippen LogP contribution in [0.3, 0.4) is 0 Å². The van der Waals surface area contributed by atoms with Crippen LogP contribution in [-0.4, -0.2) is 25.7 Å². The van der Waals surface area contributed by atoms with E-state index in [9.17, 15) is 0 Å². The highest BCUT2D eigenvalue weighted by Crippen LogP contribution is 2.37. The predicted molar refractivity (Wildman–Crippen MR) is 299 cm³/mol. The van der Waals surface area contributed by atoms with Crippen molar-refractivity contribution in [1.82, 2.24) is 0 Å². The van der Waals surface area contributed by atoms with E-state index in [1.54, 1.807) is 10.4 Å². The average molecular weight is 912 g/mol. The first-order valence-electron chi connectivity index (χ1n) is 24.2. The van der Waals surface area contributed by atoms with Crippen molar-refractivity contribution >= 4 is 81.2 Å². The van der Waals surface area contributed by atoms with Gasteiger partial charge in [0.15, 0.2) is 0 Å². The van der Waals surface area contributed by atoms with E-state index in [0.717, 1.165) is 0 Å². The van der Waals surface area contributed by atoms with Gasteiger partial charge in [-0.2, -0.15) is 0 Å². The minimum absolute atomic E-state index is 1.17. The Kier molecular flexibility index (Phi) is 11.8. The third-order valence-electron chi connectivity index (χ3n) is 14.3. The van der Waals surface area contributed by atoms with Gasteiger partial charge in [0.1, 0.15) is 0 Å². The maximum atomic E-state index is 2.53. The number of fused-ring (bicyclic) bond motifs is 2. The summed E-state index contributed by atoms with van der Waals surface area (Å²) >= 11 is 0. The van der Waals surface area contributed by atoms with E-state index in [4.69, 9.17) is 0 Å². The molecule has 9 aromatic carbocycles. The van der Waals surface area contributed by atoms with E-state index in [2.05, 4.69) is 255 Å². The Morgan fingerprint density at radius 2 is 0.881 bits per heavy atom. The SMILES string of the molecule is C[Si](C)(C)c1ccc(-c2ccc(-c3ccc(/C=C/c4ccc(-c5ccc(N(c6ccccc6)c6ccccc6)cc5[SiH]5Cc6ccccc6C5)cc4)cc3[SiH]3CC=CC3)cc2)c2ccccc12. The molecule has 9 aromatic rings. The van der Waals surface area contributed by atoms with Crippen molar-refractivity contribution in [2.75, 3.05) is 4.90 Å². The Bertz CT molecular complexity index is 3200. The molecule has 67 heavy (non-hydrogen) atoms. The molecule has 0 amide bonds. The molecule has 11 rings (SSSR count). The molecule has 1 nitrogen and oxygen atoms in total. The Morgan fingerprint density at radius 1 is 0.403 bits per heavy atom. The third kappa shape index (κ3) is 8.81. The quantitative estimate of drug-likeness (QED) is 0.0710. The molecule has 0 N–H and O–H groups in total. The monoisotopic (exact) mass is 911 g/mol. The molecule has 2 aliphatic rings. The van der Waals surface area contributed by atoms with E-state index in [1.165, 1.54) is 113 Å². The van der Waals surface area contributed by atoms with Crippen LogP contribution in [0.2, 0.25) is 31.7 Å². The second-order valence-corrected chi connectivity index (χ2v) is 30.5. The molecule has 0 unspecified atom stereocenters. The lowest BCUT2D eigenvalue weighted by Gasteiger charge is -2.27. The van der Waals surface area contributed by atoms with E-state index < -0.39 is 25.7 Å². The molecule has 0 atom stereocenters. The van der Waals surface area contributed by atoms with Gasteiger partial charge >= 0.3 is 0 Å².